The number of ether oxygens (including phenoxy) is 3. The number of methoxy groups -OCH3 is 1. The highest BCUT2D eigenvalue weighted by molar-refractivity contribution is 5.75. The minimum Gasteiger partial charge on any atom is -0.469 e. The third kappa shape index (κ3) is 2.85. The summed E-state index contributed by atoms with van der Waals surface area (Å²) in [7, 11) is 1.58. The first-order valence-electron chi connectivity index (χ1n) is 13.7. The average Bonchev–Trinajstić information content (AvgIpc) is 3.32. The van der Waals surface area contributed by atoms with Crippen LogP contribution < -0.4 is 0 Å². The summed E-state index contributed by atoms with van der Waals surface area (Å²) in [4.78, 5) is 13.7. The lowest BCUT2D eigenvalue weighted by Crippen LogP contribution is -2.52. The van der Waals surface area contributed by atoms with E-state index in [9.17, 15) is 9.90 Å². The van der Waals surface area contributed by atoms with E-state index in [1.165, 1.54) is 12.8 Å². The van der Waals surface area contributed by atoms with Crippen LogP contribution in [0.25, 0.3) is 0 Å². The summed E-state index contributed by atoms with van der Waals surface area (Å²) in [5.74, 6) is 2.58. The zero-order valence-electron chi connectivity index (χ0n) is 21.2. The molecular weight excluding hydrogens is 416 g/mol. The van der Waals surface area contributed by atoms with Crippen LogP contribution in [0.15, 0.2) is 0 Å². The monoisotopic (exact) mass is 460 g/mol. The standard InChI is InChI=1S/C28H44O5/c1-15-8-11-28(32-14-15)16(2)22-21(33-28)13-20-19-7-6-17-12-18(29)9-10-26(17,3)23(19)24(25(30)31-5)27(20,22)4/h15-24,29H,6-14H2,1-5H3/t15-,16+,17+,18+,19+,20+,21+,22+,23-,24-,26+,27+,28-/m1/s1. The first-order valence-corrected chi connectivity index (χ1v) is 13.7. The summed E-state index contributed by atoms with van der Waals surface area (Å²) in [6.07, 6.45) is 8.35. The highest BCUT2D eigenvalue weighted by Crippen LogP contribution is 2.76. The maximum Gasteiger partial charge on any atom is 0.309 e. The van der Waals surface area contributed by atoms with E-state index in [0.717, 1.165) is 45.1 Å². The van der Waals surface area contributed by atoms with Gasteiger partial charge < -0.3 is 19.3 Å². The molecule has 0 amide bonds. The molecule has 1 spiro atoms. The zero-order valence-corrected chi connectivity index (χ0v) is 21.2. The van der Waals surface area contributed by atoms with Gasteiger partial charge in [0.1, 0.15) is 0 Å². The van der Waals surface area contributed by atoms with Gasteiger partial charge in [-0.05, 0) is 91.3 Å². The van der Waals surface area contributed by atoms with Crippen LogP contribution in [0.4, 0.5) is 0 Å². The van der Waals surface area contributed by atoms with Gasteiger partial charge in [0, 0.05) is 12.3 Å². The molecule has 2 saturated heterocycles. The van der Waals surface area contributed by atoms with Crippen LogP contribution in [0.3, 0.4) is 0 Å². The number of carbonyl (C=O) groups is 1. The van der Waals surface area contributed by atoms with Gasteiger partial charge in [-0.15, -0.1) is 0 Å². The molecule has 5 heteroatoms. The van der Waals surface area contributed by atoms with Crippen LogP contribution in [0.2, 0.25) is 0 Å². The number of hydrogen-bond donors (Lipinski definition) is 1. The van der Waals surface area contributed by atoms with Crippen LogP contribution in [0, 0.1) is 58.2 Å². The molecule has 0 aromatic heterocycles. The Morgan fingerprint density at radius 2 is 1.82 bits per heavy atom. The Balaban J connectivity index is 1.40. The van der Waals surface area contributed by atoms with Crippen molar-refractivity contribution in [3.05, 3.63) is 0 Å². The molecule has 13 atom stereocenters. The largest absolute Gasteiger partial charge is 0.469 e. The molecule has 2 aliphatic heterocycles. The SMILES string of the molecule is COC(=O)[C@H]1[C@H]2[C@@H](CC[C@H]3C[C@@H](O)CC[C@@]32C)[C@@H]2C[C@@H]3O[C@]4(CC[C@@H](C)CO4)[C@@H](C)[C@@H]3[C@]21C. The number of rotatable bonds is 1. The second-order valence-corrected chi connectivity index (χ2v) is 13.3. The molecule has 6 rings (SSSR count). The normalized spacial score (nSPS) is 59.6. The molecule has 4 saturated carbocycles. The van der Waals surface area contributed by atoms with Gasteiger partial charge in [-0.2, -0.15) is 0 Å². The molecular formula is C28H44O5. The predicted octanol–water partition coefficient (Wildman–Crippen LogP) is 4.80. The maximum absolute atomic E-state index is 13.7. The van der Waals surface area contributed by atoms with Crippen LogP contribution in [0.5, 0.6) is 0 Å². The van der Waals surface area contributed by atoms with Gasteiger partial charge in [-0.1, -0.05) is 27.7 Å². The van der Waals surface area contributed by atoms with Crippen molar-refractivity contribution < 1.29 is 24.1 Å². The minimum absolute atomic E-state index is 0.00465. The smallest absolute Gasteiger partial charge is 0.309 e. The van der Waals surface area contributed by atoms with Crippen molar-refractivity contribution in [2.75, 3.05) is 13.7 Å². The highest BCUT2D eigenvalue weighted by Gasteiger charge is 2.76. The summed E-state index contributed by atoms with van der Waals surface area (Å²) in [5.41, 5.74) is -0.00258. The van der Waals surface area contributed by atoms with E-state index in [0.29, 0.717) is 35.5 Å². The lowest BCUT2D eigenvalue weighted by molar-refractivity contribution is -0.271. The van der Waals surface area contributed by atoms with Crippen molar-refractivity contribution in [1.29, 1.82) is 0 Å². The van der Waals surface area contributed by atoms with Crippen LogP contribution in [-0.2, 0) is 19.0 Å². The van der Waals surface area contributed by atoms with Gasteiger partial charge in [-0.25, -0.2) is 0 Å². The van der Waals surface area contributed by atoms with E-state index in [2.05, 4.69) is 27.7 Å². The van der Waals surface area contributed by atoms with E-state index in [1.807, 2.05) is 0 Å². The number of aliphatic hydroxyl groups excluding tert-OH is 1. The van der Waals surface area contributed by atoms with Gasteiger partial charge in [0.25, 0.3) is 0 Å². The van der Waals surface area contributed by atoms with Crippen molar-refractivity contribution in [3.8, 4) is 0 Å². The number of fused-ring (bicyclic) bond motifs is 7. The second kappa shape index (κ2) is 7.43. The number of esters is 1. The topological polar surface area (TPSA) is 65.0 Å². The van der Waals surface area contributed by atoms with E-state index >= 15 is 0 Å². The van der Waals surface area contributed by atoms with E-state index in [4.69, 9.17) is 14.2 Å². The van der Waals surface area contributed by atoms with Gasteiger partial charge in [-0.3, -0.25) is 4.79 Å². The summed E-state index contributed by atoms with van der Waals surface area (Å²) in [6.45, 7) is 10.2. The third-order valence-corrected chi connectivity index (χ3v) is 12.2. The van der Waals surface area contributed by atoms with E-state index in [1.54, 1.807) is 7.11 Å². The molecule has 0 unspecified atom stereocenters. The Kier molecular flexibility index (Phi) is 5.13. The molecule has 33 heavy (non-hydrogen) atoms. The van der Waals surface area contributed by atoms with E-state index < -0.39 is 5.79 Å². The number of aliphatic hydroxyl groups is 1. The first kappa shape index (κ1) is 22.8. The van der Waals surface area contributed by atoms with Crippen LogP contribution in [-0.4, -0.2) is 42.8 Å². The fourth-order valence-electron chi connectivity index (χ4n) is 10.7. The van der Waals surface area contributed by atoms with Gasteiger partial charge in [0.2, 0.25) is 0 Å². The highest BCUT2D eigenvalue weighted by atomic mass is 16.7. The van der Waals surface area contributed by atoms with Crippen molar-refractivity contribution >= 4 is 5.97 Å². The molecule has 186 valence electrons. The fraction of sp³-hybridized carbons (Fsp3) is 0.964. The van der Waals surface area contributed by atoms with Gasteiger partial charge in [0.15, 0.2) is 5.79 Å². The number of hydrogen-bond acceptors (Lipinski definition) is 5. The Labute approximate surface area is 199 Å². The minimum atomic E-state index is -0.467. The zero-order chi connectivity index (χ0) is 23.3. The molecule has 6 fully saturated rings. The molecule has 0 radical (unpaired) electrons. The van der Waals surface area contributed by atoms with Gasteiger partial charge >= 0.3 is 5.97 Å². The molecule has 0 aromatic rings. The molecule has 6 aliphatic rings. The summed E-state index contributed by atoms with van der Waals surface area (Å²) in [5, 5.41) is 10.4. The summed E-state index contributed by atoms with van der Waals surface area (Å²) in [6, 6.07) is 0. The van der Waals surface area contributed by atoms with Crippen molar-refractivity contribution in [2.24, 2.45) is 58.2 Å². The second-order valence-electron chi connectivity index (χ2n) is 13.3. The Bertz CT molecular complexity index is 804. The quantitative estimate of drug-likeness (QED) is 0.569. The predicted molar refractivity (Wildman–Crippen MR) is 124 cm³/mol. The molecule has 0 aromatic carbocycles. The van der Waals surface area contributed by atoms with Crippen molar-refractivity contribution in [2.45, 2.75) is 97.1 Å². The third-order valence-electron chi connectivity index (χ3n) is 12.2. The Hall–Kier alpha value is -0.650. The van der Waals surface area contributed by atoms with Crippen molar-refractivity contribution in [1.82, 2.24) is 0 Å². The van der Waals surface area contributed by atoms with Crippen molar-refractivity contribution in [3.63, 3.8) is 0 Å². The lowest BCUT2D eigenvalue weighted by atomic mass is 9.50. The summed E-state index contributed by atoms with van der Waals surface area (Å²) < 4.78 is 18.9. The van der Waals surface area contributed by atoms with Crippen LogP contribution >= 0.6 is 0 Å². The average molecular weight is 461 g/mol. The Morgan fingerprint density at radius 1 is 1.03 bits per heavy atom. The molecule has 4 aliphatic carbocycles. The fourth-order valence-corrected chi connectivity index (χ4v) is 10.7. The van der Waals surface area contributed by atoms with Crippen LogP contribution in [0.1, 0.15) is 79.1 Å². The lowest BCUT2D eigenvalue weighted by Gasteiger charge is -2.55. The summed E-state index contributed by atoms with van der Waals surface area (Å²) >= 11 is 0. The first-order chi connectivity index (χ1) is 15.7. The number of carbonyl (C=O) groups excluding carboxylic acids is 1. The molecule has 5 nitrogen and oxygen atoms in total. The Morgan fingerprint density at radius 3 is 2.52 bits per heavy atom. The van der Waals surface area contributed by atoms with E-state index in [-0.39, 0.29) is 40.8 Å². The molecule has 0 bridgehead atoms. The molecule has 1 N–H and O–H groups in total. The van der Waals surface area contributed by atoms with Gasteiger partial charge in [0.05, 0.1) is 31.8 Å². The molecule has 2 heterocycles. The maximum atomic E-state index is 13.7.